The molecule has 1 amide bonds. The fraction of sp³-hybridized carbons (Fsp3) is 0.261. The van der Waals surface area contributed by atoms with E-state index < -0.39 is 11.5 Å². The minimum Gasteiger partial charge on any atom is -0.566 e. The van der Waals surface area contributed by atoms with Crippen molar-refractivity contribution in [2.75, 3.05) is 17.9 Å². The van der Waals surface area contributed by atoms with Crippen LogP contribution in [0, 0.1) is 0 Å². The molecule has 0 bridgehead atoms. The first-order valence-electron chi connectivity index (χ1n) is 10.6. The zero-order valence-corrected chi connectivity index (χ0v) is 18.2. The van der Waals surface area contributed by atoms with Gasteiger partial charge in [-0.1, -0.05) is 30.3 Å². The third kappa shape index (κ3) is 3.85. The minimum absolute atomic E-state index is 0.0802. The summed E-state index contributed by atoms with van der Waals surface area (Å²) in [6.07, 6.45) is 4.50. The van der Waals surface area contributed by atoms with Crippen molar-refractivity contribution in [1.82, 2.24) is 9.88 Å². The van der Waals surface area contributed by atoms with Gasteiger partial charge in [0, 0.05) is 18.1 Å². The number of carbonyl (C=O) groups excluding carboxylic acids is 1. The normalized spacial score (nSPS) is 20.3. The number of anilines is 1. The Hall–Kier alpha value is -3.30. The monoisotopic (exact) mass is 449 g/mol. The van der Waals surface area contributed by atoms with Crippen LogP contribution >= 0.6 is 0 Å². The Labute approximate surface area is 188 Å². The molecular weight excluding hydrogens is 426 g/mol. The lowest BCUT2D eigenvalue weighted by Gasteiger charge is -2.35. The maximum absolute atomic E-state index is 13.5. The SMILES string of the molecule is NC1=N[S+]([O-])Nc2cccc(OCC3CCCCN3C(=O)c3nccc4ccccc34)c21. The van der Waals surface area contributed by atoms with Crippen molar-refractivity contribution in [1.29, 1.82) is 0 Å². The van der Waals surface area contributed by atoms with Gasteiger partial charge in [0.15, 0.2) is 5.84 Å². The second kappa shape index (κ2) is 8.68. The summed E-state index contributed by atoms with van der Waals surface area (Å²) < 4.78 is 24.6. The van der Waals surface area contributed by atoms with Crippen LogP contribution in [0.25, 0.3) is 10.8 Å². The van der Waals surface area contributed by atoms with Gasteiger partial charge in [-0.2, -0.15) is 4.72 Å². The van der Waals surface area contributed by atoms with Gasteiger partial charge in [-0.15, -0.1) is 0 Å². The van der Waals surface area contributed by atoms with Crippen LogP contribution in [0.4, 0.5) is 5.69 Å². The zero-order valence-electron chi connectivity index (χ0n) is 17.4. The van der Waals surface area contributed by atoms with Gasteiger partial charge in [0.2, 0.25) is 11.5 Å². The molecule has 8 nitrogen and oxygen atoms in total. The molecule has 2 aliphatic heterocycles. The molecule has 2 atom stereocenters. The number of amidine groups is 1. The Bertz CT molecular complexity index is 1200. The van der Waals surface area contributed by atoms with Gasteiger partial charge in [-0.05, 0) is 47.2 Å². The zero-order chi connectivity index (χ0) is 22.1. The van der Waals surface area contributed by atoms with E-state index in [9.17, 15) is 9.35 Å². The molecular formula is C23H23N5O3S. The molecule has 3 N–H and O–H groups in total. The highest BCUT2D eigenvalue weighted by atomic mass is 32.2. The average molecular weight is 450 g/mol. The lowest BCUT2D eigenvalue weighted by molar-refractivity contribution is 0.0524. The van der Waals surface area contributed by atoms with E-state index in [2.05, 4.69) is 14.1 Å². The molecule has 5 rings (SSSR count). The Morgan fingerprint density at radius 1 is 1.22 bits per heavy atom. The van der Waals surface area contributed by atoms with E-state index in [0.717, 1.165) is 30.0 Å². The van der Waals surface area contributed by atoms with Gasteiger partial charge in [-0.3, -0.25) is 9.78 Å². The molecule has 3 aromatic rings. The van der Waals surface area contributed by atoms with Crippen LogP contribution < -0.4 is 15.2 Å². The Kier molecular flexibility index (Phi) is 5.59. The summed E-state index contributed by atoms with van der Waals surface area (Å²) >= 11 is -1.60. The smallest absolute Gasteiger partial charge is 0.273 e. The number of carbonyl (C=O) groups is 1. The summed E-state index contributed by atoms with van der Waals surface area (Å²) in [4.78, 5) is 19.8. The molecule has 0 radical (unpaired) electrons. The molecule has 164 valence electrons. The van der Waals surface area contributed by atoms with Gasteiger partial charge in [-0.25, -0.2) is 0 Å². The number of pyridine rings is 1. The number of benzene rings is 2. The molecule has 1 aromatic heterocycles. The highest BCUT2D eigenvalue weighted by Gasteiger charge is 2.31. The summed E-state index contributed by atoms with van der Waals surface area (Å²) in [5, 5.41) is 1.84. The van der Waals surface area contributed by atoms with Crippen molar-refractivity contribution in [3.05, 3.63) is 66.0 Å². The van der Waals surface area contributed by atoms with Crippen molar-refractivity contribution in [2.24, 2.45) is 10.1 Å². The molecule has 1 saturated heterocycles. The highest BCUT2D eigenvalue weighted by Crippen LogP contribution is 2.31. The predicted molar refractivity (Wildman–Crippen MR) is 125 cm³/mol. The Morgan fingerprint density at radius 3 is 3.00 bits per heavy atom. The fourth-order valence-electron chi connectivity index (χ4n) is 4.31. The first kappa shape index (κ1) is 20.6. The van der Waals surface area contributed by atoms with Crippen LogP contribution in [0.1, 0.15) is 35.3 Å². The first-order valence-corrected chi connectivity index (χ1v) is 11.7. The van der Waals surface area contributed by atoms with E-state index in [1.165, 1.54) is 0 Å². The Morgan fingerprint density at radius 2 is 2.09 bits per heavy atom. The standard InChI is InChI=1S/C23H23N5O3S/c24-22-20-18(26-32(30)27-22)9-5-10-19(20)31-14-16-7-3-4-13-28(16)23(29)21-17-8-2-1-6-15(17)11-12-25-21/h1-2,5-6,8-12,16,26H,3-4,7,13-14H2,(H2,24,27). The quantitative estimate of drug-likeness (QED) is 0.592. The highest BCUT2D eigenvalue weighted by molar-refractivity contribution is 7.91. The molecule has 2 unspecified atom stereocenters. The number of hydrogen-bond donors (Lipinski definition) is 2. The topological polar surface area (TPSA) is 116 Å². The molecule has 32 heavy (non-hydrogen) atoms. The van der Waals surface area contributed by atoms with Crippen molar-refractivity contribution < 1.29 is 14.1 Å². The maximum Gasteiger partial charge on any atom is 0.273 e. The van der Waals surface area contributed by atoms with E-state index in [-0.39, 0.29) is 17.8 Å². The number of aromatic nitrogens is 1. The summed E-state index contributed by atoms with van der Waals surface area (Å²) in [7, 11) is 0. The molecule has 0 saturated carbocycles. The second-order valence-corrected chi connectivity index (χ2v) is 8.73. The van der Waals surface area contributed by atoms with Crippen LogP contribution in [-0.2, 0) is 11.5 Å². The number of nitrogens with zero attached hydrogens (tertiary/aromatic N) is 3. The largest absolute Gasteiger partial charge is 0.566 e. The molecule has 1 fully saturated rings. The maximum atomic E-state index is 13.5. The number of rotatable bonds is 4. The fourth-order valence-corrected chi connectivity index (χ4v) is 4.98. The number of amides is 1. The van der Waals surface area contributed by atoms with Crippen LogP contribution in [0.5, 0.6) is 5.75 Å². The molecule has 2 aromatic carbocycles. The van der Waals surface area contributed by atoms with E-state index >= 15 is 0 Å². The summed E-state index contributed by atoms with van der Waals surface area (Å²) in [5.41, 5.74) is 7.69. The van der Waals surface area contributed by atoms with E-state index in [0.29, 0.717) is 35.8 Å². The number of hydrogen-bond acceptors (Lipinski definition) is 7. The van der Waals surface area contributed by atoms with Gasteiger partial charge in [0.25, 0.3) is 5.91 Å². The summed E-state index contributed by atoms with van der Waals surface area (Å²) in [6.45, 7) is 0.984. The summed E-state index contributed by atoms with van der Waals surface area (Å²) in [5.74, 6) is 0.641. The van der Waals surface area contributed by atoms with Crippen LogP contribution in [0.15, 0.2) is 59.1 Å². The van der Waals surface area contributed by atoms with Crippen LogP contribution in [0.3, 0.4) is 0 Å². The molecule has 0 spiro atoms. The third-order valence-electron chi connectivity index (χ3n) is 5.86. The van der Waals surface area contributed by atoms with Crippen LogP contribution in [0.2, 0.25) is 0 Å². The number of fused-ring (bicyclic) bond motifs is 2. The van der Waals surface area contributed by atoms with Crippen molar-refractivity contribution in [3.8, 4) is 5.75 Å². The molecule has 0 aliphatic carbocycles. The van der Waals surface area contributed by atoms with Crippen molar-refractivity contribution in [2.45, 2.75) is 25.3 Å². The van der Waals surface area contributed by atoms with Crippen LogP contribution in [-0.4, -0.2) is 45.4 Å². The molecule has 3 heterocycles. The van der Waals surface area contributed by atoms with Crippen molar-refractivity contribution >= 4 is 39.8 Å². The van der Waals surface area contributed by atoms with Gasteiger partial charge < -0.3 is 19.9 Å². The van der Waals surface area contributed by atoms with Gasteiger partial charge in [0.05, 0.1) is 17.3 Å². The van der Waals surface area contributed by atoms with E-state index in [1.54, 1.807) is 24.4 Å². The third-order valence-corrected chi connectivity index (χ3v) is 6.61. The number of piperidine rings is 1. The lowest BCUT2D eigenvalue weighted by Crippen LogP contribution is -2.47. The Balaban J connectivity index is 1.38. The second-order valence-electron chi connectivity index (χ2n) is 7.85. The number of likely N-dealkylation sites (tertiary alicyclic amines) is 1. The summed E-state index contributed by atoms with van der Waals surface area (Å²) in [6, 6.07) is 15.0. The van der Waals surface area contributed by atoms with E-state index in [4.69, 9.17) is 10.5 Å². The number of nitrogens with two attached hydrogens (primary N) is 1. The average Bonchev–Trinajstić information content (AvgIpc) is 2.81. The number of nitrogens with one attached hydrogen (secondary N) is 1. The molecule has 9 heteroatoms. The molecule has 2 aliphatic rings. The lowest BCUT2D eigenvalue weighted by atomic mass is 10.0. The predicted octanol–water partition coefficient (Wildman–Crippen LogP) is 3.02. The van der Waals surface area contributed by atoms with E-state index in [1.807, 2.05) is 35.2 Å². The number of ether oxygens (including phenoxy) is 1. The minimum atomic E-state index is -1.60. The van der Waals surface area contributed by atoms with Gasteiger partial charge >= 0.3 is 0 Å². The van der Waals surface area contributed by atoms with Crippen molar-refractivity contribution in [3.63, 3.8) is 0 Å². The first-order chi connectivity index (χ1) is 15.6. The van der Waals surface area contributed by atoms with Gasteiger partial charge in [0.1, 0.15) is 18.1 Å².